The van der Waals surface area contributed by atoms with Crippen molar-refractivity contribution in [3.63, 3.8) is 0 Å². The van der Waals surface area contributed by atoms with E-state index in [1.165, 1.54) is 7.11 Å². The van der Waals surface area contributed by atoms with Crippen LogP contribution in [-0.2, 0) is 14.2 Å². The molecule has 2 rings (SSSR count). The average molecular weight is 390 g/mol. The maximum atomic E-state index is 12.6. The van der Waals surface area contributed by atoms with Crippen LogP contribution < -0.4 is 4.74 Å². The largest absolute Gasteiger partial charge is 0.497 e. The van der Waals surface area contributed by atoms with Gasteiger partial charge in [-0.25, -0.2) is 14.4 Å². The summed E-state index contributed by atoms with van der Waals surface area (Å²) in [6.07, 6.45) is 0. The lowest BCUT2D eigenvalue weighted by atomic mass is 10.0. The molecule has 0 aliphatic heterocycles. The highest BCUT2D eigenvalue weighted by Crippen LogP contribution is 2.34. The minimum absolute atomic E-state index is 0.00668. The van der Waals surface area contributed by atoms with Crippen LogP contribution in [0.2, 0.25) is 0 Å². The Morgan fingerprint density at radius 2 is 1.29 bits per heavy atom. The monoisotopic (exact) mass is 390 g/mol. The maximum Gasteiger partial charge on any atom is 0.375 e. The second-order valence-corrected chi connectivity index (χ2v) is 5.40. The van der Waals surface area contributed by atoms with Crippen LogP contribution in [0.15, 0.2) is 28.7 Å². The fourth-order valence-electron chi connectivity index (χ4n) is 2.51. The molecule has 1 heterocycles. The minimum Gasteiger partial charge on any atom is -0.497 e. The van der Waals surface area contributed by atoms with E-state index in [-0.39, 0.29) is 36.7 Å². The third kappa shape index (κ3) is 4.33. The van der Waals surface area contributed by atoms with Gasteiger partial charge in [0.05, 0.1) is 26.9 Å². The molecule has 0 bridgehead atoms. The van der Waals surface area contributed by atoms with Gasteiger partial charge in [0.2, 0.25) is 5.76 Å². The molecule has 150 valence electrons. The number of esters is 3. The van der Waals surface area contributed by atoms with E-state index in [1.54, 1.807) is 45.0 Å². The van der Waals surface area contributed by atoms with Crippen molar-refractivity contribution in [3.8, 4) is 17.1 Å². The summed E-state index contributed by atoms with van der Waals surface area (Å²) in [4.78, 5) is 37.5. The lowest BCUT2D eigenvalue weighted by Crippen LogP contribution is -2.17. The Morgan fingerprint density at radius 1 is 0.786 bits per heavy atom. The van der Waals surface area contributed by atoms with Crippen LogP contribution in [0.4, 0.5) is 0 Å². The van der Waals surface area contributed by atoms with Crippen molar-refractivity contribution in [3.05, 3.63) is 41.2 Å². The summed E-state index contributed by atoms with van der Waals surface area (Å²) in [6.45, 7) is 5.03. The Balaban J connectivity index is 2.73. The maximum absolute atomic E-state index is 12.6. The number of carbonyl (C=O) groups is 3. The van der Waals surface area contributed by atoms with Crippen molar-refractivity contribution in [2.45, 2.75) is 20.8 Å². The number of carbonyl (C=O) groups excluding carboxylic acids is 3. The number of rotatable bonds is 8. The molecule has 28 heavy (non-hydrogen) atoms. The molecule has 0 fully saturated rings. The number of benzene rings is 1. The van der Waals surface area contributed by atoms with Gasteiger partial charge in [-0.15, -0.1) is 0 Å². The average Bonchev–Trinajstić information content (AvgIpc) is 3.09. The summed E-state index contributed by atoms with van der Waals surface area (Å²) in [7, 11) is 1.52. The Morgan fingerprint density at radius 3 is 1.79 bits per heavy atom. The number of ether oxygens (including phenoxy) is 4. The molecule has 1 aromatic heterocycles. The van der Waals surface area contributed by atoms with Gasteiger partial charge in [-0.2, -0.15) is 0 Å². The van der Waals surface area contributed by atoms with Gasteiger partial charge in [0.1, 0.15) is 16.9 Å². The van der Waals surface area contributed by atoms with Crippen molar-refractivity contribution in [1.82, 2.24) is 0 Å². The summed E-state index contributed by atoms with van der Waals surface area (Å²) in [5.41, 5.74) is -0.0527. The van der Waals surface area contributed by atoms with Crippen LogP contribution >= 0.6 is 0 Å². The zero-order chi connectivity index (χ0) is 20.7. The molecule has 8 heteroatoms. The molecule has 0 N–H and O–H groups in total. The molecule has 0 amide bonds. The summed E-state index contributed by atoms with van der Waals surface area (Å²) in [5, 5.41) is 0. The zero-order valence-corrected chi connectivity index (χ0v) is 16.2. The Labute approximate surface area is 162 Å². The summed E-state index contributed by atoms with van der Waals surface area (Å²) in [5.74, 6) is -2.38. The van der Waals surface area contributed by atoms with E-state index in [4.69, 9.17) is 23.4 Å². The predicted octanol–water partition coefficient (Wildman–Crippen LogP) is 3.49. The molecular weight excluding hydrogens is 368 g/mol. The molecule has 0 aliphatic rings. The molecular formula is C20H22O8. The van der Waals surface area contributed by atoms with Gasteiger partial charge in [0.15, 0.2) is 5.76 Å². The van der Waals surface area contributed by atoms with E-state index in [9.17, 15) is 14.4 Å². The molecule has 0 spiro atoms. The summed E-state index contributed by atoms with van der Waals surface area (Å²) >= 11 is 0. The lowest BCUT2D eigenvalue weighted by Gasteiger charge is -2.06. The molecule has 1 aromatic carbocycles. The highest BCUT2D eigenvalue weighted by molar-refractivity contribution is 6.12. The first-order chi connectivity index (χ1) is 13.5. The zero-order valence-electron chi connectivity index (χ0n) is 16.2. The van der Waals surface area contributed by atoms with Crippen LogP contribution in [0.3, 0.4) is 0 Å². The summed E-state index contributed by atoms with van der Waals surface area (Å²) in [6, 6.07) is 6.57. The normalized spacial score (nSPS) is 10.3. The molecule has 0 unspecified atom stereocenters. The second kappa shape index (κ2) is 9.59. The summed E-state index contributed by atoms with van der Waals surface area (Å²) < 4.78 is 25.8. The quantitative estimate of drug-likeness (QED) is 0.499. The Hall–Kier alpha value is -3.29. The van der Waals surface area contributed by atoms with Gasteiger partial charge in [0, 0.05) is 5.56 Å². The van der Waals surface area contributed by atoms with Gasteiger partial charge in [0.25, 0.3) is 0 Å². The van der Waals surface area contributed by atoms with E-state index in [2.05, 4.69) is 0 Å². The number of hydrogen-bond donors (Lipinski definition) is 0. The lowest BCUT2D eigenvalue weighted by molar-refractivity contribution is 0.0446. The predicted molar refractivity (Wildman–Crippen MR) is 98.6 cm³/mol. The third-order valence-corrected chi connectivity index (χ3v) is 3.68. The number of furan rings is 1. The molecule has 8 nitrogen and oxygen atoms in total. The Bertz CT molecular complexity index is 848. The first kappa shape index (κ1) is 21.0. The van der Waals surface area contributed by atoms with Crippen LogP contribution in [0, 0.1) is 0 Å². The van der Waals surface area contributed by atoms with E-state index in [0.717, 1.165) is 0 Å². The van der Waals surface area contributed by atoms with Gasteiger partial charge in [-0.3, -0.25) is 0 Å². The fourth-order valence-corrected chi connectivity index (χ4v) is 2.51. The Kier molecular flexibility index (Phi) is 7.20. The molecule has 0 radical (unpaired) electrons. The van der Waals surface area contributed by atoms with E-state index < -0.39 is 23.7 Å². The number of methoxy groups -OCH3 is 1. The topological polar surface area (TPSA) is 101 Å². The molecule has 0 atom stereocenters. The standard InChI is InChI=1S/C20H22O8/c1-5-25-18(21)14-15(19(22)26-6-2)17(20(23)27-7-3)28-16(14)12-8-10-13(24-4)11-9-12/h8-11H,5-7H2,1-4H3. The van der Waals surface area contributed by atoms with Gasteiger partial charge in [-0.1, -0.05) is 0 Å². The molecule has 2 aromatic rings. The second-order valence-electron chi connectivity index (χ2n) is 5.40. The van der Waals surface area contributed by atoms with E-state index in [0.29, 0.717) is 11.3 Å². The minimum atomic E-state index is -0.879. The third-order valence-electron chi connectivity index (χ3n) is 3.68. The van der Waals surface area contributed by atoms with Crippen LogP contribution in [-0.4, -0.2) is 44.8 Å². The van der Waals surface area contributed by atoms with E-state index >= 15 is 0 Å². The van der Waals surface area contributed by atoms with Gasteiger partial charge < -0.3 is 23.4 Å². The first-order valence-electron chi connectivity index (χ1n) is 8.80. The van der Waals surface area contributed by atoms with Crippen molar-refractivity contribution >= 4 is 17.9 Å². The van der Waals surface area contributed by atoms with Crippen LogP contribution in [0.1, 0.15) is 52.0 Å². The van der Waals surface area contributed by atoms with Crippen molar-refractivity contribution in [2.75, 3.05) is 26.9 Å². The molecule has 0 aliphatic carbocycles. The number of hydrogen-bond acceptors (Lipinski definition) is 8. The van der Waals surface area contributed by atoms with Crippen molar-refractivity contribution in [2.24, 2.45) is 0 Å². The fraction of sp³-hybridized carbons (Fsp3) is 0.350. The van der Waals surface area contributed by atoms with Gasteiger partial charge in [-0.05, 0) is 45.0 Å². The smallest absolute Gasteiger partial charge is 0.375 e. The van der Waals surface area contributed by atoms with Crippen molar-refractivity contribution < 1.29 is 37.7 Å². The van der Waals surface area contributed by atoms with Crippen LogP contribution in [0.5, 0.6) is 5.75 Å². The van der Waals surface area contributed by atoms with E-state index in [1.807, 2.05) is 0 Å². The van der Waals surface area contributed by atoms with Crippen molar-refractivity contribution in [1.29, 1.82) is 0 Å². The highest BCUT2D eigenvalue weighted by atomic mass is 16.6. The highest BCUT2D eigenvalue weighted by Gasteiger charge is 2.36. The SMILES string of the molecule is CCOC(=O)c1oc(-c2ccc(OC)cc2)c(C(=O)OCC)c1C(=O)OCC. The molecule has 0 saturated carbocycles. The van der Waals surface area contributed by atoms with Crippen LogP contribution in [0.25, 0.3) is 11.3 Å². The first-order valence-corrected chi connectivity index (χ1v) is 8.80. The molecule has 0 saturated heterocycles. The van der Waals surface area contributed by atoms with Gasteiger partial charge >= 0.3 is 17.9 Å².